The van der Waals surface area contributed by atoms with Crippen LogP contribution in [0.2, 0.25) is 0 Å². The summed E-state index contributed by atoms with van der Waals surface area (Å²) in [5.74, 6) is 0.509. The van der Waals surface area contributed by atoms with Crippen molar-refractivity contribution in [1.82, 2.24) is 30.1 Å². The molecule has 2 aromatic carbocycles. The van der Waals surface area contributed by atoms with E-state index in [0.717, 1.165) is 28.1 Å². The number of hydrogen-bond donors (Lipinski definition) is 1. The van der Waals surface area contributed by atoms with Gasteiger partial charge in [-0.25, -0.2) is 4.68 Å². The first-order valence-corrected chi connectivity index (χ1v) is 12.7. The first-order chi connectivity index (χ1) is 18.7. The molecule has 39 heavy (non-hydrogen) atoms. The van der Waals surface area contributed by atoms with E-state index in [4.69, 9.17) is 4.74 Å². The number of methoxy groups -OCH3 is 1. The van der Waals surface area contributed by atoms with E-state index in [2.05, 4.69) is 31.5 Å². The van der Waals surface area contributed by atoms with Crippen molar-refractivity contribution >= 4 is 16.6 Å². The number of rotatable bonds is 7. The van der Waals surface area contributed by atoms with E-state index in [0.29, 0.717) is 56.4 Å². The molecule has 1 atom stereocenters. The first-order valence-electron chi connectivity index (χ1n) is 12.7. The van der Waals surface area contributed by atoms with Gasteiger partial charge in [-0.3, -0.25) is 9.69 Å². The number of aromatic nitrogens is 5. The largest absolute Gasteiger partial charge is 0.416 e. The van der Waals surface area contributed by atoms with Crippen molar-refractivity contribution in [2.45, 2.75) is 32.6 Å². The maximum Gasteiger partial charge on any atom is 0.416 e. The van der Waals surface area contributed by atoms with Gasteiger partial charge in [-0.1, -0.05) is 12.1 Å². The quantitative estimate of drug-likeness (QED) is 0.381. The number of halogens is 3. The Bertz CT molecular complexity index is 1520. The van der Waals surface area contributed by atoms with Crippen molar-refractivity contribution in [2.75, 3.05) is 44.8 Å². The van der Waals surface area contributed by atoms with Crippen LogP contribution in [-0.4, -0.2) is 70.0 Å². The highest BCUT2D eigenvalue weighted by molar-refractivity contribution is 5.83. The van der Waals surface area contributed by atoms with Crippen LogP contribution in [0.5, 0.6) is 0 Å². The summed E-state index contributed by atoms with van der Waals surface area (Å²) < 4.78 is 46.7. The second-order valence-corrected chi connectivity index (χ2v) is 9.82. The van der Waals surface area contributed by atoms with Crippen LogP contribution in [0.4, 0.5) is 18.9 Å². The molecule has 4 aromatic rings. The maximum absolute atomic E-state index is 13.5. The summed E-state index contributed by atoms with van der Waals surface area (Å²) in [4.78, 5) is 20.5. The Hall–Kier alpha value is -3.77. The van der Waals surface area contributed by atoms with Crippen LogP contribution in [-0.2, 0) is 17.5 Å². The molecule has 206 valence electrons. The van der Waals surface area contributed by atoms with E-state index in [1.54, 1.807) is 17.9 Å². The molecule has 12 heteroatoms. The molecule has 1 fully saturated rings. The number of nitrogens with zero attached hydrogens (tertiary/aromatic N) is 6. The lowest BCUT2D eigenvalue weighted by Gasteiger charge is -2.39. The lowest BCUT2D eigenvalue weighted by atomic mass is 9.99. The minimum absolute atomic E-state index is 0.237. The van der Waals surface area contributed by atoms with Crippen molar-refractivity contribution in [3.63, 3.8) is 0 Å². The predicted molar refractivity (Wildman–Crippen MR) is 141 cm³/mol. The van der Waals surface area contributed by atoms with Gasteiger partial charge >= 0.3 is 6.18 Å². The number of ether oxygens (including phenoxy) is 1. The number of aryl methyl sites for hydroxylation is 2. The van der Waals surface area contributed by atoms with Gasteiger partial charge in [0, 0.05) is 55.4 Å². The van der Waals surface area contributed by atoms with Crippen LogP contribution >= 0.6 is 0 Å². The molecule has 2 aromatic heterocycles. The minimum Gasteiger partial charge on any atom is -0.383 e. The zero-order valence-electron chi connectivity index (χ0n) is 22.0. The van der Waals surface area contributed by atoms with E-state index in [1.165, 1.54) is 12.1 Å². The number of fused-ring (bicyclic) bond motifs is 1. The summed E-state index contributed by atoms with van der Waals surface area (Å²) in [7, 11) is 1.59. The zero-order chi connectivity index (χ0) is 27.7. The van der Waals surface area contributed by atoms with Gasteiger partial charge in [-0.15, -0.1) is 5.10 Å². The Morgan fingerprint density at radius 3 is 2.56 bits per heavy atom. The van der Waals surface area contributed by atoms with Crippen molar-refractivity contribution < 1.29 is 17.9 Å². The van der Waals surface area contributed by atoms with Crippen molar-refractivity contribution in [1.29, 1.82) is 0 Å². The predicted octanol–water partition coefficient (Wildman–Crippen LogP) is 3.71. The van der Waals surface area contributed by atoms with Gasteiger partial charge in [0.15, 0.2) is 5.82 Å². The summed E-state index contributed by atoms with van der Waals surface area (Å²) in [6.45, 7) is 6.70. The molecule has 0 bridgehead atoms. The Balaban J connectivity index is 1.51. The molecule has 1 aliphatic heterocycles. The molecule has 9 nitrogen and oxygen atoms in total. The highest BCUT2D eigenvalue weighted by atomic mass is 19.4. The molecule has 0 amide bonds. The molecule has 0 spiro atoms. The Morgan fingerprint density at radius 1 is 1.08 bits per heavy atom. The molecule has 1 saturated heterocycles. The van der Waals surface area contributed by atoms with Gasteiger partial charge in [0.05, 0.1) is 18.7 Å². The Labute approximate surface area is 223 Å². The summed E-state index contributed by atoms with van der Waals surface area (Å²) in [5.41, 5.74) is 2.96. The number of tetrazole rings is 1. The average molecular weight is 542 g/mol. The third-order valence-electron chi connectivity index (χ3n) is 7.17. The van der Waals surface area contributed by atoms with E-state index in [1.807, 2.05) is 30.9 Å². The third kappa shape index (κ3) is 5.52. The molecule has 0 saturated carbocycles. The average Bonchev–Trinajstić information content (AvgIpc) is 3.36. The number of hydrogen-bond acceptors (Lipinski definition) is 7. The van der Waals surface area contributed by atoms with Gasteiger partial charge in [0.2, 0.25) is 0 Å². The smallest absolute Gasteiger partial charge is 0.383 e. The SMILES string of the molecule is COCCn1nnnc1C(c1cc2c(C)cc(C)cc2[nH]c1=O)N1CCN(c2cccc(C(F)(F)F)c2)CC1. The molecule has 1 aliphatic rings. The molecular weight excluding hydrogens is 511 g/mol. The lowest BCUT2D eigenvalue weighted by molar-refractivity contribution is -0.137. The molecule has 0 radical (unpaired) electrons. The topological polar surface area (TPSA) is 92.2 Å². The summed E-state index contributed by atoms with van der Waals surface area (Å²) in [5, 5.41) is 13.3. The van der Waals surface area contributed by atoms with Gasteiger partial charge in [-0.05, 0) is 65.7 Å². The highest BCUT2D eigenvalue weighted by Crippen LogP contribution is 2.33. The molecule has 1 N–H and O–H groups in total. The number of H-pyrrole nitrogens is 1. The number of piperazine rings is 1. The van der Waals surface area contributed by atoms with E-state index in [9.17, 15) is 18.0 Å². The molecule has 3 heterocycles. The van der Waals surface area contributed by atoms with Crippen LogP contribution < -0.4 is 10.5 Å². The number of nitrogens with one attached hydrogen (secondary N) is 1. The van der Waals surface area contributed by atoms with Crippen LogP contribution in [0.15, 0.2) is 47.3 Å². The number of alkyl halides is 3. The second kappa shape index (κ2) is 10.8. The van der Waals surface area contributed by atoms with Crippen LogP contribution in [0, 0.1) is 13.8 Å². The zero-order valence-corrected chi connectivity index (χ0v) is 22.0. The van der Waals surface area contributed by atoms with Crippen LogP contribution in [0.25, 0.3) is 10.9 Å². The number of anilines is 1. The maximum atomic E-state index is 13.5. The summed E-state index contributed by atoms with van der Waals surface area (Å²) in [6.07, 6.45) is -4.41. The third-order valence-corrected chi connectivity index (χ3v) is 7.17. The summed E-state index contributed by atoms with van der Waals surface area (Å²) in [6, 6.07) is 10.7. The summed E-state index contributed by atoms with van der Waals surface area (Å²) >= 11 is 0. The van der Waals surface area contributed by atoms with Crippen LogP contribution in [0.3, 0.4) is 0 Å². The lowest BCUT2D eigenvalue weighted by Crippen LogP contribution is -2.49. The van der Waals surface area contributed by atoms with Crippen molar-refractivity contribution in [3.8, 4) is 0 Å². The normalized spacial score (nSPS) is 15.7. The fraction of sp³-hybridized carbons (Fsp3) is 0.407. The molecular formula is C27H30F3N7O2. The van der Waals surface area contributed by atoms with E-state index < -0.39 is 17.8 Å². The van der Waals surface area contributed by atoms with Gasteiger partial charge < -0.3 is 14.6 Å². The Kier molecular flexibility index (Phi) is 7.41. The van der Waals surface area contributed by atoms with Gasteiger partial charge in [-0.2, -0.15) is 13.2 Å². The number of aromatic amines is 1. The highest BCUT2D eigenvalue weighted by Gasteiger charge is 2.34. The monoisotopic (exact) mass is 541 g/mol. The number of pyridine rings is 1. The molecule has 1 unspecified atom stereocenters. The molecule has 5 rings (SSSR count). The first kappa shape index (κ1) is 26.8. The fourth-order valence-electron chi connectivity index (χ4n) is 5.25. The minimum atomic E-state index is -4.41. The van der Waals surface area contributed by atoms with Gasteiger partial charge in [0.1, 0.15) is 6.04 Å². The number of benzene rings is 2. The fourth-order valence-corrected chi connectivity index (χ4v) is 5.25. The van der Waals surface area contributed by atoms with E-state index >= 15 is 0 Å². The second-order valence-electron chi connectivity index (χ2n) is 9.82. The van der Waals surface area contributed by atoms with E-state index in [-0.39, 0.29) is 5.56 Å². The molecule has 0 aliphatic carbocycles. The van der Waals surface area contributed by atoms with Crippen molar-refractivity contribution in [2.24, 2.45) is 0 Å². The van der Waals surface area contributed by atoms with Crippen molar-refractivity contribution in [3.05, 3.63) is 80.9 Å². The Morgan fingerprint density at radius 2 is 1.85 bits per heavy atom. The standard InChI is InChI=1S/C27H30F3N7O2/c1-17-13-18(2)21-16-22(26(38)31-23(21)14-17)24(25-32-33-34-37(25)11-12-39-3)36-9-7-35(8-10-36)20-6-4-5-19(15-20)27(28,29)30/h4-6,13-16,24H,7-12H2,1-3H3,(H,31,38). The van der Waals surface area contributed by atoms with Gasteiger partial charge in [0.25, 0.3) is 5.56 Å². The van der Waals surface area contributed by atoms with Crippen LogP contribution in [0.1, 0.15) is 34.1 Å².